The van der Waals surface area contributed by atoms with Gasteiger partial charge in [-0.1, -0.05) is 26.2 Å². The summed E-state index contributed by atoms with van der Waals surface area (Å²) in [4.78, 5) is 0. The zero-order chi connectivity index (χ0) is 10.7. The predicted molar refractivity (Wildman–Crippen MR) is 61.8 cm³/mol. The van der Waals surface area contributed by atoms with Crippen molar-refractivity contribution in [2.24, 2.45) is 0 Å². The van der Waals surface area contributed by atoms with Gasteiger partial charge in [-0.2, -0.15) is 0 Å². The summed E-state index contributed by atoms with van der Waals surface area (Å²) >= 11 is 0. The third-order valence-electron chi connectivity index (χ3n) is 3.15. The molecule has 0 bridgehead atoms. The van der Waals surface area contributed by atoms with Gasteiger partial charge in [-0.05, 0) is 30.2 Å². The number of benzene rings is 1. The van der Waals surface area contributed by atoms with Gasteiger partial charge in [0.1, 0.15) is 5.82 Å². The van der Waals surface area contributed by atoms with Crippen molar-refractivity contribution in [1.29, 1.82) is 0 Å². The molecule has 1 aliphatic rings. The summed E-state index contributed by atoms with van der Waals surface area (Å²) in [5.41, 5.74) is 2.30. The summed E-state index contributed by atoms with van der Waals surface area (Å²) in [6, 6.07) is 5.07. The van der Waals surface area contributed by atoms with E-state index in [-0.39, 0.29) is 5.82 Å². The molecule has 2 heteroatoms. The van der Waals surface area contributed by atoms with Crippen LogP contribution in [-0.4, -0.2) is 6.54 Å². The van der Waals surface area contributed by atoms with Crippen molar-refractivity contribution in [1.82, 2.24) is 0 Å². The van der Waals surface area contributed by atoms with Gasteiger partial charge < -0.3 is 5.32 Å². The SMILES string of the molecule is CCCCCC1CNc2ccc(F)cc21. The average molecular weight is 207 g/mol. The summed E-state index contributed by atoms with van der Waals surface area (Å²) in [5.74, 6) is 0.403. The molecule has 0 radical (unpaired) electrons. The van der Waals surface area contributed by atoms with Gasteiger partial charge in [0.15, 0.2) is 0 Å². The molecule has 0 fully saturated rings. The molecular weight excluding hydrogens is 189 g/mol. The first-order valence-electron chi connectivity index (χ1n) is 5.84. The van der Waals surface area contributed by atoms with Crippen LogP contribution in [0.2, 0.25) is 0 Å². The van der Waals surface area contributed by atoms with E-state index in [2.05, 4.69) is 12.2 Å². The lowest BCUT2D eigenvalue weighted by atomic mass is 9.95. The highest BCUT2D eigenvalue weighted by molar-refractivity contribution is 5.57. The molecule has 1 heterocycles. The number of anilines is 1. The van der Waals surface area contributed by atoms with Crippen molar-refractivity contribution in [3.8, 4) is 0 Å². The molecule has 1 nitrogen and oxygen atoms in total. The second-order valence-corrected chi connectivity index (χ2v) is 4.31. The Bertz CT molecular complexity index is 335. The van der Waals surface area contributed by atoms with Crippen LogP contribution in [0.1, 0.15) is 44.1 Å². The number of hydrogen-bond acceptors (Lipinski definition) is 1. The zero-order valence-electron chi connectivity index (χ0n) is 9.22. The van der Waals surface area contributed by atoms with E-state index >= 15 is 0 Å². The standard InChI is InChI=1S/C13H18FN/c1-2-3-4-5-10-9-15-13-7-6-11(14)8-12(10)13/h6-8,10,15H,2-5,9H2,1H3. The maximum absolute atomic E-state index is 13.1. The van der Waals surface area contributed by atoms with Gasteiger partial charge in [-0.15, -0.1) is 0 Å². The van der Waals surface area contributed by atoms with E-state index in [4.69, 9.17) is 0 Å². The number of rotatable bonds is 4. The predicted octanol–water partition coefficient (Wildman–Crippen LogP) is 3.92. The molecule has 1 aliphatic heterocycles. The smallest absolute Gasteiger partial charge is 0.123 e. The molecule has 0 saturated heterocycles. The van der Waals surface area contributed by atoms with Crippen LogP contribution in [0.4, 0.5) is 10.1 Å². The average Bonchev–Trinajstić information content (AvgIpc) is 2.62. The fourth-order valence-electron chi connectivity index (χ4n) is 2.27. The normalized spacial score (nSPS) is 18.7. The van der Waals surface area contributed by atoms with Gasteiger partial charge >= 0.3 is 0 Å². The molecule has 2 rings (SSSR count). The molecule has 0 aromatic heterocycles. The van der Waals surface area contributed by atoms with Crippen LogP contribution in [0.3, 0.4) is 0 Å². The van der Waals surface area contributed by atoms with Crippen LogP contribution in [-0.2, 0) is 0 Å². The molecule has 1 atom stereocenters. The first-order chi connectivity index (χ1) is 7.31. The minimum atomic E-state index is -0.113. The Labute approximate surface area is 90.7 Å². The molecule has 82 valence electrons. The van der Waals surface area contributed by atoms with Gasteiger partial charge in [0.05, 0.1) is 0 Å². The third kappa shape index (κ3) is 2.31. The maximum atomic E-state index is 13.1. The van der Waals surface area contributed by atoms with Crippen LogP contribution in [0.5, 0.6) is 0 Å². The van der Waals surface area contributed by atoms with E-state index in [0.717, 1.165) is 12.2 Å². The Morgan fingerprint density at radius 2 is 2.27 bits per heavy atom. The second kappa shape index (κ2) is 4.65. The van der Waals surface area contributed by atoms with Crippen molar-refractivity contribution in [2.75, 3.05) is 11.9 Å². The first-order valence-corrected chi connectivity index (χ1v) is 5.84. The third-order valence-corrected chi connectivity index (χ3v) is 3.15. The molecule has 1 aromatic rings. The lowest BCUT2D eigenvalue weighted by Gasteiger charge is -2.09. The summed E-state index contributed by atoms with van der Waals surface area (Å²) in [6.45, 7) is 3.18. The lowest BCUT2D eigenvalue weighted by Crippen LogP contribution is -2.01. The van der Waals surface area contributed by atoms with Gasteiger partial charge in [0.25, 0.3) is 0 Å². The Hall–Kier alpha value is -1.05. The maximum Gasteiger partial charge on any atom is 0.123 e. The van der Waals surface area contributed by atoms with Crippen molar-refractivity contribution >= 4 is 5.69 Å². The Morgan fingerprint density at radius 1 is 1.40 bits per heavy atom. The highest BCUT2D eigenvalue weighted by atomic mass is 19.1. The first kappa shape index (κ1) is 10.5. The highest BCUT2D eigenvalue weighted by Gasteiger charge is 2.21. The second-order valence-electron chi connectivity index (χ2n) is 4.31. The zero-order valence-corrected chi connectivity index (χ0v) is 9.22. The minimum absolute atomic E-state index is 0.113. The summed E-state index contributed by atoms with van der Waals surface area (Å²) in [6.07, 6.45) is 4.95. The number of nitrogens with one attached hydrogen (secondary N) is 1. The molecule has 1 unspecified atom stereocenters. The topological polar surface area (TPSA) is 12.0 Å². The van der Waals surface area contributed by atoms with E-state index in [1.54, 1.807) is 6.07 Å². The van der Waals surface area contributed by atoms with Crippen molar-refractivity contribution in [3.05, 3.63) is 29.6 Å². The molecule has 0 amide bonds. The number of hydrogen-bond donors (Lipinski definition) is 1. The summed E-state index contributed by atoms with van der Waals surface area (Å²) < 4.78 is 13.1. The van der Waals surface area contributed by atoms with E-state index in [1.165, 1.54) is 37.3 Å². The monoisotopic (exact) mass is 207 g/mol. The highest BCUT2D eigenvalue weighted by Crippen LogP contribution is 2.34. The van der Waals surface area contributed by atoms with E-state index < -0.39 is 0 Å². The quantitative estimate of drug-likeness (QED) is 0.738. The summed E-state index contributed by atoms with van der Waals surface area (Å²) in [5, 5.41) is 3.34. The number of fused-ring (bicyclic) bond motifs is 1. The minimum Gasteiger partial charge on any atom is -0.384 e. The molecule has 0 spiro atoms. The molecule has 1 N–H and O–H groups in total. The molecular formula is C13H18FN. The summed E-state index contributed by atoms with van der Waals surface area (Å²) in [7, 11) is 0. The molecule has 1 aromatic carbocycles. The molecule has 0 saturated carbocycles. The van der Waals surface area contributed by atoms with Crippen LogP contribution in [0.15, 0.2) is 18.2 Å². The Balaban J connectivity index is 2.03. The van der Waals surface area contributed by atoms with Crippen molar-refractivity contribution in [2.45, 2.75) is 38.5 Å². The van der Waals surface area contributed by atoms with E-state index in [9.17, 15) is 4.39 Å². The largest absolute Gasteiger partial charge is 0.384 e. The van der Waals surface area contributed by atoms with Crippen LogP contribution < -0.4 is 5.32 Å². The Kier molecular flexibility index (Phi) is 3.24. The van der Waals surface area contributed by atoms with E-state index in [0.29, 0.717) is 5.92 Å². The van der Waals surface area contributed by atoms with Crippen molar-refractivity contribution < 1.29 is 4.39 Å². The number of halogens is 1. The van der Waals surface area contributed by atoms with Gasteiger partial charge in [0, 0.05) is 18.2 Å². The van der Waals surface area contributed by atoms with Crippen molar-refractivity contribution in [3.63, 3.8) is 0 Å². The number of unbranched alkanes of at least 4 members (excludes halogenated alkanes) is 2. The fraction of sp³-hybridized carbons (Fsp3) is 0.538. The van der Waals surface area contributed by atoms with Gasteiger partial charge in [-0.3, -0.25) is 0 Å². The Morgan fingerprint density at radius 3 is 3.07 bits per heavy atom. The van der Waals surface area contributed by atoms with Crippen LogP contribution in [0.25, 0.3) is 0 Å². The van der Waals surface area contributed by atoms with Gasteiger partial charge in [0.2, 0.25) is 0 Å². The molecule has 0 aliphatic carbocycles. The van der Waals surface area contributed by atoms with Gasteiger partial charge in [-0.25, -0.2) is 4.39 Å². The fourth-order valence-corrected chi connectivity index (χ4v) is 2.27. The van der Waals surface area contributed by atoms with Crippen LogP contribution >= 0.6 is 0 Å². The van der Waals surface area contributed by atoms with Crippen LogP contribution in [0, 0.1) is 5.82 Å². The lowest BCUT2D eigenvalue weighted by molar-refractivity contribution is 0.588. The van der Waals surface area contributed by atoms with E-state index in [1.807, 2.05) is 6.07 Å². The molecule has 15 heavy (non-hydrogen) atoms.